The van der Waals surface area contributed by atoms with E-state index >= 15 is 0 Å². The number of aliphatic hydroxyl groups is 1. The van der Waals surface area contributed by atoms with Gasteiger partial charge in [0.2, 0.25) is 0 Å². The summed E-state index contributed by atoms with van der Waals surface area (Å²) < 4.78 is 10.4. The molecule has 4 rings (SSSR count). The zero-order chi connectivity index (χ0) is 26.1. The largest absolute Gasteiger partial charge is 0.507 e. The second-order valence-electron chi connectivity index (χ2n) is 8.70. The van der Waals surface area contributed by atoms with Crippen molar-refractivity contribution in [2.24, 2.45) is 0 Å². The lowest BCUT2D eigenvalue weighted by molar-refractivity contribution is -0.132. The predicted octanol–water partition coefficient (Wildman–Crippen LogP) is 5.81. The van der Waals surface area contributed by atoms with Crippen LogP contribution in [0.5, 0.6) is 17.2 Å². The first-order valence-electron chi connectivity index (χ1n) is 11.3. The third-order valence-electron chi connectivity index (χ3n) is 6.23. The van der Waals surface area contributed by atoms with E-state index in [1.165, 1.54) is 49.5 Å². The number of nitrogens with zero attached hydrogens (tertiary/aromatic N) is 1. The Bertz CT molecular complexity index is 1360. The lowest BCUT2D eigenvalue weighted by Crippen LogP contribution is -2.29. The molecule has 0 spiro atoms. The molecule has 7 nitrogen and oxygen atoms in total. The normalized spacial score (nSPS) is 17.1. The van der Waals surface area contributed by atoms with Gasteiger partial charge in [-0.1, -0.05) is 43.6 Å². The number of rotatable bonds is 6. The van der Waals surface area contributed by atoms with E-state index in [-0.39, 0.29) is 34.3 Å². The van der Waals surface area contributed by atoms with E-state index in [9.17, 15) is 19.8 Å². The van der Waals surface area contributed by atoms with Gasteiger partial charge in [-0.15, -0.1) is 0 Å². The summed E-state index contributed by atoms with van der Waals surface area (Å²) in [4.78, 5) is 28.0. The fraction of sp³-hybridized carbons (Fsp3) is 0.214. The number of hydrogen-bond acceptors (Lipinski definition) is 6. The molecular formula is C28H26ClNO6. The Kier molecular flexibility index (Phi) is 6.95. The standard InChI is InChI=1S/C28H26ClNO6/c1-15(2)16-5-9-19(10-6-16)30-25(17-8-12-22(35-3)21(31)13-17)24(27(33)28(30)34)26(32)18-7-11-20(29)23(14-18)36-4/h5-15,25,31-32H,1-4H3/b26-24-. The van der Waals surface area contributed by atoms with Gasteiger partial charge < -0.3 is 19.7 Å². The summed E-state index contributed by atoms with van der Waals surface area (Å²) in [5.41, 5.74) is 2.11. The van der Waals surface area contributed by atoms with Crippen LogP contribution in [0, 0.1) is 0 Å². The van der Waals surface area contributed by atoms with Gasteiger partial charge in [0.15, 0.2) is 11.5 Å². The summed E-state index contributed by atoms with van der Waals surface area (Å²) in [5, 5.41) is 22.1. The second kappa shape index (κ2) is 9.95. The molecule has 2 N–H and O–H groups in total. The van der Waals surface area contributed by atoms with Gasteiger partial charge in [0.05, 0.1) is 30.9 Å². The lowest BCUT2D eigenvalue weighted by atomic mass is 9.94. The van der Waals surface area contributed by atoms with Crippen molar-refractivity contribution in [3.05, 3.63) is 87.9 Å². The van der Waals surface area contributed by atoms with Crippen molar-refractivity contribution < 1.29 is 29.3 Å². The van der Waals surface area contributed by atoms with Gasteiger partial charge in [0, 0.05) is 11.3 Å². The van der Waals surface area contributed by atoms with E-state index in [4.69, 9.17) is 21.1 Å². The van der Waals surface area contributed by atoms with Gasteiger partial charge in [-0.05, 0) is 59.5 Å². The fourth-order valence-electron chi connectivity index (χ4n) is 4.27. The van der Waals surface area contributed by atoms with Crippen molar-refractivity contribution >= 4 is 34.7 Å². The number of aliphatic hydroxyl groups excluding tert-OH is 1. The molecule has 0 radical (unpaired) electrons. The lowest BCUT2D eigenvalue weighted by Gasteiger charge is -2.26. The molecule has 1 aliphatic rings. The molecule has 8 heteroatoms. The third-order valence-corrected chi connectivity index (χ3v) is 6.54. The molecule has 3 aromatic rings. The Morgan fingerprint density at radius 2 is 1.61 bits per heavy atom. The van der Waals surface area contributed by atoms with Crippen molar-refractivity contribution in [1.82, 2.24) is 0 Å². The smallest absolute Gasteiger partial charge is 0.300 e. The number of amides is 1. The van der Waals surface area contributed by atoms with Gasteiger partial charge in [0.1, 0.15) is 11.5 Å². The average molecular weight is 508 g/mol. The molecule has 3 aromatic carbocycles. The molecule has 1 fully saturated rings. The number of Topliss-reactive ketones (excluding diaryl/α,β-unsaturated/α-hetero) is 1. The highest BCUT2D eigenvalue weighted by molar-refractivity contribution is 6.51. The van der Waals surface area contributed by atoms with Gasteiger partial charge >= 0.3 is 0 Å². The van der Waals surface area contributed by atoms with E-state index in [1.54, 1.807) is 18.2 Å². The molecule has 1 unspecified atom stereocenters. The molecule has 186 valence electrons. The van der Waals surface area contributed by atoms with E-state index in [2.05, 4.69) is 13.8 Å². The van der Waals surface area contributed by atoms with Crippen LogP contribution in [0.2, 0.25) is 5.02 Å². The average Bonchev–Trinajstić information content (AvgIpc) is 3.14. The number of carbonyl (C=O) groups is 2. The quantitative estimate of drug-likeness (QED) is 0.248. The summed E-state index contributed by atoms with van der Waals surface area (Å²) in [6, 6.07) is 15.5. The third kappa shape index (κ3) is 4.38. The number of aromatic hydroxyl groups is 1. The molecule has 0 aliphatic carbocycles. The first kappa shape index (κ1) is 25.1. The monoisotopic (exact) mass is 507 g/mol. The van der Waals surface area contributed by atoms with Crippen LogP contribution in [0.4, 0.5) is 5.69 Å². The predicted molar refractivity (Wildman–Crippen MR) is 138 cm³/mol. The SMILES string of the molecule is COc1ccc(C2/C(=C(/O)c3ccc(Cl)c(OC)c3)C(=O)C(=O)N2c2ccc(C(C)C)cc2)cc1O. The van der Waals surface area contributed by atoms with Crippen LogP contribution < -0.4 is 14.4 Å². The molecule has 1 amide bonds. The van der Waals surface area contributed by atoms with Crippen LogP contribution in [0.15, 0.2) is 66.2 Å². The minimum atomic E-state index is -1.01. The van der Waals surface area contributed by atoms with Gasteiger partial charge in [-0.25, -0.2) is 0 Å². The Morgan fingerprint density at radius 1 is 0.944 bits per heavy atom. The molecule has 1 heterocycles. The van der Waals surface area contributed by atoms with Gasteiger partial charge in [-0.2, -0.15) is 0 Å². The van der Waals surface area contributed by atoms with Crippen LogP contribution in [-0.2, 0) is 9.59 Å². The molecule has 0 saturated carbocycles. The number of benzene rings is 3. The Balaban J connectivity index is 1.94. The number of anilines is 1. The second-order valence-corrected chi connectivity index (χ2v) is 9.10. The van der Waals surface area contributed by atoms with Crippen LogP contribution in [0.1, 0.15) is 42.5 Å². The van der Waals surface area contributed by atoms with Gasteiger partial charge in [-0.3, -0.25) is 14.5 Å². The molecule has 36 heavy (non-hydrogen) atoms. The number of ether oxygens (including phenoxy) is 2. The molecule has 1 aliphatic heterocycles. The number of halogens is 1. The van der Waals surface area contributed by atoms with E-state index in [1.807, 2.05) is 12.1 Å². The van der Waals surface area contributed by atoms with Crippen LogP contribution in [0.3, 0.4) is 0 Å². The van der Waals surface area contributed by atoms with Crippen molar-refractivity contribution in [3.63, 3.8) is 0 Å². The van der Waals surface area contributed by atoms with Crippen LogP contribution >= 0.6 is 11.6 Å². The van der Waals surface area contributed by atoms with E-state index in [0.29, 0.717) is 22.0 Å². The Hall–Kier alpha value is -3.97. The highest BCUT2D eigenvalue weighted by atomic mass is 35.5. The summed E-state index contributed by atoms with van der Waals surface area (Å²) in [5.74, 6) is -1.38. The summed E-state index contributed by atoms with van der Waals surface area (Å²) in [6.45, 7) is 4.11. The number of methoxy groups -OCH3 is 2. The maximum Gasteiger partial charge on any atom is 0.300 e. The maximum atomic E-state index is 13.3. The van der Waals surface area contributed by atoms with Crippen molar-refractivity contribution in [3.8, 4) is 17.2 Å². The number of phenolic OH excluding ortho intramolecular Hbond substituents is 1. The minimum absolute atomic E-state index is 0.123. The maximum absolute atomic E-state index is 13.3. The summed E-state index contributed by atoms with van der Waals surface area (Å²) >= 11 is 6.13. The van der Waals surface area contributed by atoms with Crippen LogP contribution in [0.25, 0.3) is 5.76 Å². The summed E-state index contributed by atoms with van der Waals surface area (Å²) in [6.07, 6.45) is 0. The van der Waals surface area contributed by atoms with Crippen molar-refractivity contribution in [2.45, 2.75) is 25.8 Å². The molecule has 1 saturated heterocycles. The van der Waals surface area contributed by atoms with Crippen LogP contribution in [-0.4, -0.2) is 36.1 Å². The Labute approximate surface area is 214 Å². The summed E-state index contributed by atoms with van der Waals surface area (Å²) in [7, 11) is 2.86. The number of ketones is 1. The topological polar surface area (TPSA) is 96.3 Å². The minimum Gasteiger partial charge on any atom is -0.507 e. The highest BCUT2D eigenvalue weighted by Crippen LogP contribution is 2.44. The number of phenols is 1. The Morgan fingerprint density at radius 3 is 2.19 bits per heavy atom. The molecule has 1 atom stereocenters. The zero-order valence-corrected chi connectivity index (χ0v) is 21.0. The van der Waals surface area contributed by atoms with E-state index < -0.39 is 17.7 Å². The first-order chi connectivity index (χ1) is 17.2. The number of carbonyl (C=O) groups excluding carboxylic acids is 2. The van der Waals surface area contributed by atoms with Crippen molar-refractivity contribution in [1.29, 1.82) is 0 Å². The first-order valence-corrected chi connectivity index (χ1v) is 11.7. The highest BCUT2D eigenvalue weighted by Gasteiger charge is 2.47. The fourth-order valence-corrected chi connectivity index (χ4v) is 4.47. The number of hydrogen-bond donors (Lipinski definition) is 2. The molecule has 0 bridgehead atoms. The molecule has 0 aromatic heterocycles. The zero-order valence-electron chi connectivity index (χ0n) is 20.3. The van der Waals surface area contributed by atoms with E-state index in [0.717, 1.165) is 5.56 Å². The van der Waals surface area contributed by atoms with Gasteiger partial charge in [0.25, 0.3) is 11.7 Å². The van der Waals surface area contributed by atoms with Crippen molar-refractivity contribution in [2.75, 3.05) is 19.1 Å². The molecular weight excluding hydrogens is 482 g/mol.